The van der Waals surface area contributed by atoms with E-state index in [4.69, 9.17) is 20.2 Å². The molecule has 5 heterocycles. The van der Waals surface area contributed by atoms with Gasteiger partial charge in [-0.2, -0.15) is 4.98 Å². The number of nitrogen functional groups attached to an aromatic ring is 1. The van der Waals surface area contributed by atoms with Gasteiger partial charge >= 0.3 is 0 Å². The zero-order valence-electron chi connectivity index (χ0n) is 20.6. The number of pyridine rings is 2. The molecule has 10 heteroatoms. The first-order valence-electron chi connectivity index (χ1n) is 12.2. The van der Waals surface area contributed by atoms with E-state index in [-0.39, 0.29) is 17.5 Å². The van der Waals surface area contributed by atoms with E-state index in [0.717, 1.165) is 56.9 Å². The second kappa shape index (κ2) is 9.43. The normalized spacial score (nSPS) is 17.7. The van der Waals surface area contributed by atoms with Gasteiger partial charge in [0.25, 0.3) is 5.56 Å². The van der Waals surface area contributed by atoms with Gasteiger partial charge in [0, 0.05) is 42.9 Å². The largest absolute Gasteiger partial charge is 0.481 e. The van der Waals surface area contributed by atoms with Crippen molar-refractivity contribution >= 4 is 22.7 Å². The number of nitrogens with one attached hydrogen (secondary N) is 1. The minimum Gasteiger partial charge on any atom is -0.481 e. The fraction of sp³-hybridized carbons (Fsp3) is 0.520. The lowest BCUT2D eigenvalue weighted by atomic mass is 9.78. The summed E-state index contributed by atoms with van der Waals surface area (Å²) in [4.78, 5) is 29.2. The molecule has 0 bridgehead atoms. The molecule has 1 atom stereocenters. The van der Waals surface area contributed by atoms with E-state index < -0.39 is 0 Å². The Morgan fingerprint density at radius 3 is 2.69 bits per heavy atom. The topological polar surface area (TPSA) is 120 Å². The van der Waals surface area contributed by atoms with Gasteiger partial charge in [0.15, 0.2) is 0 Å². The zero-order valence-corrected chi connectivity index (χ0v) is 20.6. The maximum absolute atomic E-state index is 13.5. The number of ether oxygens (including phenoxy) is 2. The number of nitrogens with two attached hydrogens (primary N) is 1. The number of likely N-dealkylation sites (tertiary alicyclic amines) is 1. The third-order valence-electron chi connectivity index (χ3n) is 6.80. The monoisotopic (exact) mass is 479 g/mol. The average molecular weight is 480 g/mol. The minimum atomic E-state index is -0.187. The Balaban J connectivity index is 1.39. The van der Waals surface area contributed by atoms with Crippen molar-refractivity contribution < 1.29 is 9.47 Å². The number of fused-ring (bicyclic) bond motifs is 1. The smallest absolute Gasteiger partial charge is 0.264 e. The van der Waals surface area contributed by atoms with Gasteiger partial charge in [-0.25, -0.2) is 9.97 Å². The molecule has 3 N–H and O–H groups in total. The van der Waals surface area contributed by atoms with Crippen LogP contribution in [0.2, 0.25) is 0 Å². The van der Waals surface area contributed by atoms with Crippen LogP contribution in [0.3, 0.4) is 0 Å². The molecule has 3 aromatic heterocycles. The highest BCUT2D eigenvalue weighted by Crippen LogP contribution is 2.38. The number of aromatic nitrogens is 4. The average Bonchev–Trinajstić information content (AvgIpc) is 2.77. The second-order valence-corrected chi connectivity index (χ2v) is 9.88. The Labute approximate surface area is 204 Å². The Morgan fingerprint density at radius 1 is 1.20 bits per heavy atom. The standard InChI is InChI=1S/C25H33N7O3/c1-4-5-16(2)27-21-20-19(29-24(26)30-21)8-9-32(23(20)33)10-17-6-7-18(28-22(17)34-3)11-31-12-25(13-31)14-35-15-25/h6-9,16H,4-5,10-15H2,1-3H3,(H3,26,27,29,30)/t16-/m1/s1. The molecule has 2 aliphatic heterocycles. The van der Waals surface area contributed by atoms with Crippen molar-refractivity contribution in [1.82, 2.24) is 24.4 Å². The van der Waals surface area contributed by atoms with Crippen LogP contribution in [0.5, 0.6) is 5.88 Å². The first kappa shape index (κ1) is 23.5. The van der Waals surface area contributed by atoms with Gasteiger partial charge in [-0.3, -0.25) is 9.69 Å². The minimum absolute atomic E-state index is 0.139. The van der Waals surface area contributed by atoms with Crippen molar-refractivity contribution in [3.8, 4) is 5.88 Å². The van der Waals surface area contributed by atoms with Gasteiger partial charge in [-0.1, -0.05) is 13.3 Å². The molecule has 186 valence electrons. The molecule has 0 radical (unpaired) electrons. The molecule has 0 unspecified atom stereocenters. The van der Waals surface area contributed by atoms with E-state index in [9.17, 15) is 4.79 Å². The van der Waals surface area contributed by atoms with E-state index in [1.54, 1.807) is 23.9 Å². The van der Waals surface area contributed by atoms with Crippen LogP contribution in [-0.2, 0) is 17.8 Å². The summed E-state index contributed by atoms with van der Waals surface area (Å²) in [5.74, 6) is 1.14. The molecule has 0 aromatic carbocycles. The molecule has 2 aliphatic rings. The molecular formula is C25H33N7O3. The van der Waals surface area contributed by atoms with Crippen LogP contribution in [0.1, 0.15) is 37.9 Å². The first-order chi connectivity index (χ1) is 16.9. The third-order valence-corrected chi connectivity index (χ3v) is 6.80. The summed E-state index contributed by atoms with van der Waals surface area (Å²) in [6.45, 7) is 9.11. The van der Waals surface area contributed by atoms with Gasteiger partial charge in [-0.15, -0.1) is 0 Å². The molecule has 10 nitrogen and oxygen atoms in total. The molecule has 0 saturated carbocycles. The number of hydrogen-bond donors (Lipinski definition) is 2. The van der Waals surface area contributed by atoms with Crippen LogP contribution < -0.4 is 21.3 Å². The molecule has 0 amide bonds. The molecule has 3 aromatic rings. The SMILES string of the molecule is CCC[C@@H](C)Nc1nc(N)nc2ccn(Cc3ccc(CN4CC5(COC5)C4)nc3OC)c(=O)c12. The summed E-state index contributed by atoms with van der Waals surface area (Å²) in [7, 11) is 1.61. The Bertz CT molecular complexity index is 1280. The predicted molar refractivity (Wildman–Crippen MR) is 135 cm³/mol. The van der Waals surface area contributed by atoms with Crippen molar-refractivity contribution in [1.29, 1.82) is 0 Å². The van der Waals surface area contributed by atoms with Gasteiger partial charge in [0.2, 0.25) is 11.8 Å². The highest BCUT2D eigenvalue weighted by Gasteiger charge is 2.48. The van der Waals surface area contributed by atoms with Crippen molar-refractivity contribution in [3.05, 3.63) is 46.0 Å². The molecule has 2 fully saturated rings. The van der Waals surface area contributed by atoms with Crippen LogP contribution in [0.25, 0.3) is 10.9 Å². The van der Waals surface area contributed by atoms with Gasteiger partial charge in [0.1, 0.15) is 11.2 Å². The lowest BCUT2D eigenvalue weighted by Gasteiger charge is -2.55. The molecule has 5 rings (SSSR count). The maximum Gasteiger partial charge on any atom is 0.264 e. The van der Waals surface area contributed by atoms with Gasteiger partial charge in [-0.05, 0) is 31.5 Å². The van der Waals surface area contributed by atoms with Crippen LogP contribution in [0.15, 0.2) is 29.2 Å². The number of nitrogens with zero attached hydrogens (tertiary/aromatic N) is 5. The van der Waals surface area contributed by atoms with Crippen molar-refractivity contribution in [3.63, 3.8) is 0 Å². The lowest BCUT2D eigenvalue weighted by Crippen LogP contribution is -2.65. The van der Waals surface area contributed by atoms with Crippen molar-refractivity contribution in [2.24, 2.45) is 5.41 Å². The van der Waals surface area contributed by atoms with E-state index >= 15 is 0 Å². The van der Waals surface area contributed by atoms with E-state index in [0.29, 0.717) is 34.6 Å². The van der Waals surface area contributed by atoms with Crippen LogP contribution >= 0.6 is 0 Å². The van der Waals surface area contributed by atoms with Crippen LogP contribution in [0, 0.1) is 5.41 Å². The number of hydrogen-bond acceptors (Lipinski definition) is 9. The summed E-state index contributed by atoms with van der Waals surface area (Å²) in [6.07, 6.45) is 3.70. The van der Waals surface area contributed by atoms with Crippen molar-refractivity contribution in [2.45, 2.75) is 45.8 Å². The number of methoxy groups -OCH3 is 1. The Morgan fingerprint density at radius 2 is 2.00 bits per heavy atom. The molecule has 35 heavy (non-hydrogen) atoms. The molecule has 0 aliphatic carbocycles. The molecule has 2 saturated heterocycles. The van der Waals surface area contributed by atoms with Crippen LogP contribution in [0.4, 0.5) is 11.8 Å². The highest BCUT2D eigenvalue weighted by atomic mass is 16.5. The third kappa shape index (κ3) is 4.68. The van der Waals surface area contributed by atoms with Gasteiger partial charge < -0.3 is 25.1 Å². The number of rotatable bonds is 9. The Hall–Kier alpha value is -3.24. The molecule has 1 spiro atoms. The van der Waals surface area contributed by atoms with Crippen molar-refractivity contribution in [2.75, 3.05) is 44.5 Å². The second-order valence-electron chi connectivity index (χ2n) is 9.88. The summed E-state index contributed by atoms with van der Waals surface area (Å²) < 4.78 is 12.6. The summed E-state index contributed by atoms with van der Waals surface area (Å²) in [5.41, 5.74) is 8.40. The van der Waals surface area contributed by atoms with Gasteiger partial charge in [0.05, 0.1) is 38.1 Å². The van der Waals surface area contributed by atoms with E-state index in [1.807, 2.05) is 12.1 Å². The summed E-state index contributed by atoms with van der Waals surface area (Å²) >= 11 is 0. The first-order valence-corrected chi connectivity index (χ1v) is 12.2. The summed E-state index contributed by atoms with van der Waals surface area (Å²) in [5, 5.41) is 3.77. The fourth-order valence-corrected chi connectivity index (χ4v) is 5.06. The number of anilines is 2. The quantitative estimate of drug-likeness (QED) is 0.476. The predicted octanol–water partition coefficient (Wildman–Crippen LogP) is 2.26. The highest BCUT2D eigenvalue weighted by molar-refractivity contribution is 5.89. The fourth-order valence-electron chi connectivity index (χ4n) is 5.06. The van der Waals surface area contributed by atoms with E-state index in [2.05, 4.69) is 34.0 Å². The Kier molecular flexibility index (Phi) is 6.33. The molecular weight excluding hydrogens is 446 g/mol. The van der Waals surface area contributed by atoms with Crippen LogP contribution in [-0.4, -0.2) is 63.9 Å². The maximum atomic E-state index is 13.5. The zero-order chi connectivity index (χ0) is 24.6. The lowest BCUT2D eigenvalue weighted by molar-refractivity contribution is -0.191. The van der Waals surface area contributed by atoms with E-state index in [1.165, 1.54) is 0 Å². The summed E-state index contributed by atoms with van der Waals surface area (Å²) in [6, 6.07) is 5.94.